The number of amides is 3. The SMILES string of the molecule is COOC=N[C@@H](Cn1cccn1)C(=O)N1CCC[C@H]1c1nc2ccc(-c3ccc(-c4ccc5nc([C@@H]6CCCN6C(=O)[C@H](Cn6cccn6)NC(=O)OC)[nH]c5c4)cc3)cc2[nH]1. The summed E-state index contributed by atoms with van der Waals surface area (Å²) >= 11 is 0. The molecular formula is C44H46N12O6. The van der Waals surface area contributed by atoms with Crippen molar-refractivity contribution in [1.82, 2.24) is 54.6 Å². The Labute approximate surface area is 355 Å². The lowest BCUT2D eigenvalue weighted by atomic mass is 10.00. The molecule has 3 aromatic carbocycles. The minimum absolute atomic E-state index is 0.137. The van der Waals surface area contributed by atoms with E-state index in [4.69, 9.17) is 19.6 Å². The Morgan fingerprint density at radius 3 is 1.81 bits per heavy atom. The molecule has 0 spiro atoms. The number of likely N-dealkylation sites (tertiary alicyclic amines) is 2. The van der Waals surface area contributed by atoms with E-state index < -0.39 is 18.2 Å². The van der Waals surface area contributed by atoms with Gasteiger partial charge < -0.3 is 34.7 Å². The van der Waals surface area contributed by atoms with E-state index in [2.05, 4.69) is 83.9 Å². The highest BCUT2D eigenvalue weighted by Crippen LogP contribution is 2.35. The summed E-state index contributed by atoms with van der Waals surface area (Å²) in [4.78, 5) is 74.3. The lowest BCUT2D eigenvalue weighted by Crippen LogP contribution is -2.50. The number of aromatic amines is 2. The van der Waals surface area contributed by atoms with E-state index in [1.807, 2.05) is 17.0 Å². The Kier molecular flexibility index (Phi) is 11.5. The second kappa shape index (κ2) is 17.7. The van der Waals surface area contributed by atoms with Crippen LogP contribution in [-0.4, -0.2) is 113 Å². The highest BCUT2D eigenvalue weighted by Gasteiger charge is 2.38. The predicted molar refractivity (Wildman–Crippen MR) is 228 cm³/mol. The third kappa shape index (κ3) is 8.36. The van der Waals surface area contributed by atoms with Crippen LogP contribution in [0.15, 0.2) is 103 Å². The van der Waals surface area contributed by atoms with Crippen molar-refractivity contribution in [2.75, 3.05) is 27.3 Å². The number of fused-ring (bicyclic) bond motifs is 2. The highest BCUT2D eigenvalue weighted by atomic mass is 17.2. The molecule has 4 aromatic heterocycles. The molecular weight excluding hydrogens is 793 g/mol. The summed E-state index contributed by atoms with van der Waals surface area (Å²) in [6.07, 6.45) is 10.5. The van der Waals surface area contributed by atoms with E-state index in [0.29, 0.717) is 18.9 Å². The lowest BCUT2D eigenvalue weighted by molar-refractivity contribution is -0.188. The summed E-state index contributed by atoms with van der Waals surface area (Å²) in [5.74, 6) is 1.09. The van der Waals surface area contributed by atoms with Gasteiger partial charge in [0.05, 0.1) is 61.5 Å². The number of rotatable bonds is 14. The fraction of sp³-hybridized carbons (Fsp3) is 0.318. The first-order chi connectivity index (χ1) is 30.3. The van der Waals surface area contributed by atoms with Gasteiger partial charge in [-0.2, -0.15) is 15.1 Å². The molecule has 4 atom stereocenters. The summed E-state index contributed by atoms with van der Waals surface area (Å²) in [6.45, 7) is 1.57. The molecule has 0 unspecified atom stereocenters. The molecule has 2 fully saturated rings. The van der Waals surface area contributed by atoms with Crippen molar-refractivity contribution in [2.45, 2.75) is 62.9 Å². The summed E-state index contributed by atoms with van der Waals surface area (Å²) in [5.41, 5.74) is 7.52. The van der Waals surface area contributed by atoms with Gasteiger partial charge in [-0.05, 0) is 84.3 Å². The van der Waals surface area contributed by atoms with Gasteiger partial charge in [0, 0.05) is 37.9 Å². The molecule has 0 saturated carbocycles. The fourth-order valence-electron chi connectivity index (χ4n) is 8.51. The van der Waals surface area contributed by atoms with Gasteiger partial charge in [0.15, 0.2) is 6.04 Å². The van der Waals surface area contributed by atoms with Crippen molar-refractivity contribution < 1.29 is 28.9 Å². The number of H-pyrrole nitrogens is 2. The molecule has 0 aliphatic carbocycles. The molecule has 3 amide bonds. The maximum Gasteiger partial charge on any atom is 0.407 e. The molecule has 62 heavy (non-hydrogen) atoms. The number of nitrogens with zero attached hydrogens (tertiary/aromatic N) is 9. The van der Waals surface area contributed by atoms with E-state index in [9.17, 15) is 14.4 Å². The second-order valence-electron chi connectivity index (χ2n) is 15.3. The lowest BCUT2D eigenvalue weighted by Gasteiger charge is -2.28. The molecule has 2 aliphatic rings. The number of nitrogens with one attached hydrogen (secondary N) is 3. The van der Waals surface area contributed by atoms with Crippen LogP contribution in [0.2, 0.25) is 0 Å². The van der Waals surface area contributed by atoms with Crippen LogP contribution in [-0.2, 0) is 37.2 Å². The first kappa shape index (κ1) is 40.1. The molecule has 3 N–H and O–H groups in total. The van der Waals surface area contributed by atoms with Crippen LogP contribution in [0.4, 0.5) is 4.79 Å². The van der Waals surface area contributed by atoms with E-state index >= 15 is 0 Å². The quantitative estimate of drug-likeness (QED) is 0.0536. The zero-order chi connectivity index (χ0) is 42.6. The van der Waals surface area contributed by atoms with Crippen molar-refractivity contribution in [3.8, 4) is 22.3 Å². The number of aliphatic imine (C=N–C) groups is 1. The number of methoxy groups -OCH3 is 1. The maximum absolute atomic E-state index is 13.9. The zero-order valence-corrected chi connectivity index (χ0v) is 34.3. The number of carbonyl (C=O) groups is 3. The third-order valence-electron chi connectivity index (χ3n) is 11.5. The van der Waals surface area contributed by atoms with Crippen LogP contribution < -0.4 is 5.32 Å². The molecule has 6 heterocycles. The van der Waals surface area contributed by atoms with E-state index in [-0.39, 0.29) is 37.0 Å². The molecule has 0 radical (unpaired) electrons. The molecule has 18 nitrogen and oxygen atoms in total. The van der Waals surface area contributed by atoms with Crippen LogP contribution >= 0.6 is 0 Å². The molecule has 0 bridgehead atoms. The normalized spacial score (nSPS) is 17.6. The van der Waals surface area contributed by atoms with Gasteiger partial charge in [0.1, 0.15) is 17.7 Å². The van der Waals surface area contributed by atoms with E-state index in [1.54, 1.807) is 51.2 Å². The van der Waals surface area contributed by atoms with Crippen molar-refractivity contribution in [2.24, 2.45) is 4.99 Å². The number of benzene rings is 3. The number of aromatic nitrogens is 8. The molecule has 7 aromatic rings. The number of hydrogen-bond donors (Lipinski definition) is 3. The van der Waals surface area contributed by atoms with Gasteiger partial charge >= 0.3 is 6.09 Å². The van der Waals surface area contributed by atoms with Crippen LogP contribution in [0.25, 0.3) is 44.3 Å². The first-order valence-electron chi connectivity index (χ1n) is 20.6. The molecule has 318 valence electrons. The van der Waals surface area contributed by atoms with Crippen LogP contribution in [0.5, 0.6) is 0 Å². The number of ether oxygens (including phenoxy) is 1. The van der Waals surface area contributed by atoms with Gasteiger partial charge in [-0.1, -0.05) is 36.4 Å². The Bertz CT molecular complexity index is 2690. The number of hydrogen-bond acceptors (Lipinski definition) is 11. The van der Waals surface area contributed by atoms with Crippen LogP contribution in [0, 0.1) is 0 Å². The first-order valence-corrected chi connectivity index (χ1v) is 20.6. The summed E-state index contributed by atoms with van der Waals surface area (Å²) in [6, 6.07) is 22.2. The van der Waals surface area contributed by atoms with E-state index in [1.165, 1.54) is 14.2 Å². The molecule has 9 rings (SSSR count). The average Bonchev–Trinajstić information content (AvgIpc) is 4.15. The van der Waals surface area contributed by atoms with Crippen molar-refractivity contribution in [3.63, 3.8) is 0 Å². The minimum atomic E-state index is -0.859. The average molecular weight is 839 g/mol. The standard InChI is InChI=1S/C44H46N12O6/c1-60-44(59)52-37(26-54-20-6-18-47-54)43(58)56-22-4-8-39(56)41-49-33-16-14-31(24-35(33)51-41)29-11-9-28(10-12-29)30-13-15-32-34(23-30)50-40(48-32)38-7-3-21-55(38)42(57)36(45-27-62-61-2)25-53-19-5-17-46-53/h5-6,9-20,23-24,27,36-39H,3-4,7-8,21-22,25-26H2,1-2H3,(H,48,50)(H,49,51)(H,52,59)/t36-,37-,38-,39-/m0/s1. The van der Waals surface area contributed by atoms with Crippen LogP contribution in [0.1, 0.15) is 49.4 Å². The molecule has 2 aliphatic heterocycles. The second-order valence-corrected chi connectivity index (χ2v) is 15.3. The number of imidazole rings is 2. The topological polar surface area (TPSA) is 203 Å². The van der Waals surface area contributed by atoms with E-state index in [0.717, 1.165) is 82.2 Å². The highest BCUT2D eigenvalue weighted by molar-refractivity contribution is 5.88. The van der Waals surface area contributed by atoms with Gasteiger partial charge in [-0.15, -0.1) is 0 Å². The van der Waals surface area contributed by atoms with Crippen molar-refractivity contribution in [3.05, 3.63) is 109 Å². The van der Waals surface area contributed by atoms with Crippen molar-refractivity contribution in [1.29, 1.82) is 0 Å². The van der Waals surface area contributed by atoms with Crippen molar-refractivity contribution >= 4 is 46.4 Å². The minimum Gasteiger partial charge on any atom is -0.453 e. The van der Waals surface area contributed by atoms with Gasteiger partial charge in [-0.3, -0.25) is 19.0 Å². The summed E-state index contributed by atoms with van der Waals surface area (Å²) < 4.78 is 8.10. The number of alkyl carbamates (subject to hydrolysis) is 1. The molecule has 2 saturated heterocycles. The Morgan fingerprint density at radius 2 is 1.29 bits per heavy atom. The zero-order valence-electron chi connectivity index (χ0n) is 34.3. The Morgan fingerprint density at radius 1 is 0.758 bits per heavy atom. The van der Waals surface area contributed by atoms with Crippen LogP contribution in [0.3, 0.4) is 0 Å². The van der Waals surface area contributed by atoms with Gasteiger partial charge in [0.2, 0.25) is 18.2 Å². The third-order valence-corrected chi connectivity index (χ3v) is 11.5. The maximum atomic E-state index is 13.9. The summed E-state index contributed by atoms with van der Waals surface area (Å²) in [7, 11) is 2.65. The number of carbonyl (C=O) groups excluding carboxylic acids is 3. The predicted octanol–water partition coefficient (Wildman–Crippen LogP) is 5.59. The van der Waals surface area contributed by atoms with Gasteiger partial charge in [0.25, 0.3) is 0 Å². The molecule has 18 heteroatoms. The Balaban J connectivity index is 0.894. The smallest absolute Gasteiger partial charge is 0.407 e. The Hall–Kier alpha value is -7.34. The fourth-order valence-corrected chi connectivity index (χ4v) is 8.51. The largest absolute Gasteiger partial charge is 0.453 e. The van der Waals surface area contributed by atoms with Gasteiger partial charge in [-0.25, -0.2) is 19.8 Å². The summed E-state index contributed by atoms with van der Waals surface area (Å²) in [5, 5.41) is 11.2. The monoisotopic (exact) mass is 838 g/mol.